The Morgan fingerprint density at radius 2 is 1.52 bits per heavy atom. The second-order valence-corrected chi connectivity index (χ2v) is 5.77. The van der Waals surface area contributed by atoms with E-state index in [0.717, 1.165) is 10.8 Å². The topological polar surface area (TPSA) is 76.7 Å². The number of hydrazine groups is 1. The van der Waals surface area contributed by atoms with Crippen LogP contribution in [0.15, 0.2) is 60.7 Å². The highest BCUT2D eigenvalue weighted by Gasteiger charge is 2.15. The zero-order valence-corrected chi connectivity index (χ0v) is 15.1. The van der Waals surface area contributed by atoms with Crippen molar-refractivity contribution in [3.8, 4) is 11.5 Å². The third-order valence-corrected chi connectivity index (χ3v) is 4.03. The number of carbonyl (C=O) groups is 2. The molecule has 0 fully saturated rings. The number of fused-ring (bicyclic) bond motifs is 1. The van der Waals surface area contributed by atoms with E-state index >= 15 is 0 Å². The largest absolute Gasteiger partial charge is 0.496 e. The first-order valence-corrected chi connectivity index (χ1v) is 8.52. The summed E-state index contributed by atoms with van der Waals surface area (Å²) in [5.74, 6) is 0.226. The third kappa shape index (κ3) is 4.17. The predicted octanol–water partition coefficient (Wildman–Crippen LogP) is 3.32. The van der Waals surface area contributed by atoms with Gasteiger partial charge in [-0.25, -0.2) is 0 Å². The lowest BCUT2D eigenvalue weighted by Gasteiger charge is -2.12. The van der Waals surface area contributed by atoms with Crippen LogP contribution in [0.4, 0.5) is 0 Å². The maximum atomic E-state index is 12.5. The summed E-state index contributed by atoms with van der Waals surface area (Å²) in [5, 5.41) is 1.87. The van der Waals surface area contributed by atoms with Crippen molar-refractivity contribution >= 4 is 22.6 Å². The molecular weight excluding hydrogens is 344 g/mol. The molecule has 0 aromatic heterocycles. The zero-order valence-electron chi connectivity index (χ0n) is 15.1. The molecule has 138 valence electrons. The molecule has 0 spiro atoms. The minimum atomic E-state index is -0.461. The van der Waals surface area contributed by atoms with Gasteiger partial charge in [-0.3, -0.25) is 20.4 Å². The first-order chi connectivity index (χ1) is 13.1. The molecule has 0 unspecified atom stereocenters. The normalized spacial score (nSPS) is 10.3. The van der Waals surface area contributed by atoms with Gasteiger partial charge >= 0.3 is 0 Å². The quantitative estimate of drug-likeness (QED) is 0.681. The van der Waals surface area contributed by atoms with Gasteiger partial charge in [0.15, 0.2) is 0 Å². The van der Waals surface area contributed by atoms with Gasteiger partial charge in [0, 0.05) is 5.56 Å². The van der Waals surface area contributed by atoms with Crippen molar-refractivity contribution in [2.75, 3.05) is 13.7 Å². The Bertz CT molecular complexity index is 968. The average Bonchev–Trinajstić information content (AvgIpc) is 2.71. The summed E-state index contributed by atoms with van der Waals surface area (Å²) in [4.78, 5) is 24.7. The summed E-state index contributed by atoms with van der Waals surface area (Å²) in [5.41, 5.74) is 5.58. The monoisotopic (exact) mass is 364 g/mol. The van der Waals surface area contributed by atoms with Gasteiger partial charge < -0.3 is 9.47 Å². The molecule has 0 radical (unpaired) electrons. The lowest BCUT2D eigenvalue weighted by atomic mass is 10.1. The molecule has 2 amide bonds. The Labute approximate surface area is 157 Å². The van der Waals surface area contributed by atoms with Gasteiger partial charge in [0.1, 0.15) is 11.5 Å². The summed E-state index contributed by atoms with van der Waals surface area (Å²) in [6.07, 6.45) is 0. The number of ether oxygens (including phenoxy) is 2. The van der Waals surface area contributed by atoms with Crippen molar-refractivity contribution in [1.29, 1.82) is 0 Å². The van der Waals surface area contributed by atoms with Crippen LogP contribution in [-0.4, -0.2) is 25.5 Å². The van der Waals surface area contributed by atoms with Crippen molar-refractivity contribution in [2.24, 2.45) is 0 Å². The minimum Gasteiger partial charge on any atom is -0.496 e. The predicted molar refractivity (Wildman–Crippen MR) is 103 cm³/mol. The van der Waals surface area contributed by atoms with Crippen LogP contribution in [0.5, 0.6) is 11.5 Å². The van der Waals surface area contributed by atoms with Gasteiger partial charge in [-0.1, -0.05) is 24.3 Å². The number of methoxy groups -OCH3 is 1. The van der Waals surface area contributed by atoms with Gasteiger partial charge in [-0.05, 0) is 54.1 Å². The molecular formula is C21H20N2O4. The molecule has 0 bridgehead atoms. The summed E-state index contributed by atoms with van der Waals surface area (Å²) >= 11 is 0. The van der Waals surface area contributed by atoms with Crippen LogP contribution in [0.2, 0.25) is 0 Å². The van der Waals surface area contributed by atoms with E-state index in [1.165, 1.54) is 7.11 Å². The standard InChI is InChI=1S/C21H20N2O4/c1-3-27-17-10-8-14(9-11-17)20(24)22-23-21(25)18-12-15-6-4-5-7-16(15)13-19(18)26-2/h4-13H,3H2,1-2H3,(H,22,24)(H,23,25). The molecule has 6 nitrogen and oxygen atoms in total. The Kier molecular flexibility index (Phi) is 5.56. The van der Waals surface area contributed by atoms with E-state index < -0.39 is 11.8 Å². The molecule has 0 aliphatic heterocycles. The number of amides is 2. The molecule has 0 aliphatic carbocycles. The summed E-state index contributed by atoms with van der Waals surface area (Å²) in [7, 11) is 1.50. The molecule has 3 rings (SSSR count). The fraction of sp³-hybridized carbons (Fsp3) is 0.143. The number of rotatable bonds is 5. The lowest BCUT2D eigenvalue weighted by molar-refractivity contribution is 0.0845. The van der Waals surface area contributed by atoms with E-state index in [1.54, 1.807) is 36.4 Å². The van der Waals surface area contributed by atoms with E-state index in [1.807, 2.05) is 31.2 Å². The van der Waals surface area contributed by atoms with E-state index in [4.69, 9.17) is 9.47 Å². The highest BCUT2D eigenvalue weighted by atomic mass is 16.5. The lowest BCUT2D eigenvalue weighted by Crippen LogP contribution is -2.41. The van der Waals surface area contributed by atoms with E-state index in [2.05, 4.69) is 10.9 Å². The van der Waals surface area contributed by atoms with Crippen LogP contribution in [0.25, 0.3) is 10.8 Å². The fourth-order valence-electron chi connectivity index (χ4n) is 2.69. The van der Waals surface area contributed by atoms with Gasteiger partial charge in [0.05, 0.1) is 19.3 Å². The average molecular weight is 364 g/mol. The van der Waals surface area contributed by atoms with Crippen LogP contribution >= 0.6 is 0 Å². The Morgan fingerprint density at radius 1 is 0.889 bits per heavy atom. The molecule has 0 saturated heterocycles. The molecule has 6 heteroatoms. The molecule has 3 aromatic carbocycles. The summed E-state index contributed by atoms with van der Waals surface area (Å²) < 4.78 is 10.7. The summed E-state index contributed by atoms with van der Waals surface area (Å²) in [6, 6.07) is 17.8. The zero-order chi connectivity index (χ0) is 19.2. The van der Waals surface area contributed by atoms with Crippen LogP contribution in [0.1, 0.15) is 27.6 Å². The Hall–Kier alpha value is -3.54. The Morgan fingerprint density at radius 3 is 2.15 bits per heavy atom. The number of benzene rings is 3. The number of carbonyl (C=O) groups excluding carboxylic acids is 2. The number of hydrogen-bond donors (Lipinski definition) is 2. The minimum absolute atomic E-state index is 0.336. The number of nitrogens with one attached hydrogen (secondary N) is 2. The fourth-order valence-corrected chi connectivity index (χ4v) is 2.69. The van der Waals surface area contributed by atoms with Crippen LogP contribution < -0.4 is 20.3 Å². The van der Waals surface area contributed by atoms with E-state index in [9.17, 15) is 9.59 Å². The molecule has 0 aliphatic rings. The smallest absolute Gasteiger partial charge is 0.273 e. The maximum Gasteiger partial charge on any atom is 0.273 e. The van der Waals surface area contributed by atoms with Gasteiger partial charge in [0.2, 0.25) is 0 Å². The molecule has 0 saturated carbocycles. The Balaban J connectivity index is 1.71. The van der Waals surface area contributed by atoms with Crippen LogP contribution in [0.3, 0.4) is 0 Å². The highest BCUT2D eigenvalue weighted by molar-refractivity contribution is 6.03. The highest BCUT2D eigenvalue weighted by Crippen LogP contribution is 2.25. The summed E-state index contributed by atoms with van der Waals surface area (Å²) in [6.45, 7) is 2.44. The second-order valence-electron chi connectivity index (χ2n) is 5.77. The molecule has 2 N–H and O–H groups in total. The van der Waals surface area contributed by atoms with E-state index in [-0.39, 0.29) is 0 Å². The number of hydrogen-bond acceptors (Lipinski definition) is 4. The molecule has 3 aromatic rings. The van der Waals surface area contributed by atoms with Crippen LogP contribution in [0, 0.1) is 0 Å². The van der Waals surface area contributed by atoms with Crippen molar-refractivity contribution in [1.82, 2.24) is 10.9 Å². The first kappa shape index (κ1) is 18.3. The van der Waals surface area contributed by atoms with Crippen molar-refractivity contribution in [3.05, 3.63) is 71.8 Å². The van der Waals surface area contributed by atoms with E-state index in [0.29, 0.717) is 29.2 Å². The van der Waals surface area contributed by atoms with Crippen LogP contribution in [-0.2, 0) is 0 Å². The van der Waals surface area contributed by atoms with Gasteiger partial charge in [0.25, 0.3) is 11.8 Å². The van der Waals surface area contributed by atoms with Crippen molar-refractivity contribution in [3.63, 3.8) is 0 Å². The SMILES string of the molecule is CCOc1ccc(C(=O)NNC(=O)c2cc3ccccc3cc2OC)cc1. The van der Waals surface area contributed by atoms with Crippen molar-refractivity contribution < 1.29 is 19.1 Å². The maximum absolute atomic E-state index is 12.5. The molecule has 27 heavy (non-hydrogen) atoms. The van der Waals surface area contributed by atoms with Crippen molar-refractivity contribution in [2.45, 2.75) is 6.92 Å². The third-order valence-electron chi connectivity index (χ3n) is 4.03. The van der Waals surface area contributed by atoms with Gasteiger partial charge in [-0.2, -0.15) is 0 Å². The molecule has 0 heterocycles. The van der Waals surface area contributed by atoms with Gasteiger partial charge in [-0.15, -0.1) is 0 Å². The molecule has 0 atom stereocenters. The first-order valence-electron chi connectivity index (χ1n) is 8.52. The second kappa shape index (κ2) is 8.23.